The summed E-state index contributed by atoms with van der Waals surface area (Å²) in [6, 6.07) is 3.27. The van der Waals surface area contributed by atoms with Gasteiger partial charge >= 0.3 is 6.61 Å². The highest BCUT2D eigenvalue weighted by molar-refractivity contribution is 14.1. The van der Waals surface area contributed by atoms with Crippen LogP contribution in [-0.4, -0.2) is 16.4 Å². The number of aromatic nitrogens is 2. The molecule has 0 radical (unpaired) electrons. The molecule has 1 heterocycles. The Morgan fingerprint density at radius 2 is 2.19 bits per heavy atom. The first-order valence-corrected chi connectivity index (χ1v) is 6.13. The van der Waals surface area contributed by atoms with Gasteiger partial charge in [-0.05, 0) is 34.7 Å². The monoisotopic (exact) mass is 402 g/mol. The maximum Gasteiger partial charge on any atom is 0.387 e. The van der Waals surface area contributed by atoms with Gasteiger partial charge in [-0.15, -0.1) is 0 Å². The van der Waals surface area contributed by atoms with E-state index in [1.54, 1.807) is 17.8 Å². The average Bonchev–Trinajstić information content (AvgIpc) is 2.40. The van der Waals surface area contributed by atoms with Gasteiger partial charge in [-0.25, -0.2) is 0 Å². The molecule has 7 heteroatoms. The highest BCUT2D eigenvalue weighted by atomic mass is 127. The molecule has 0 aliphatic heterocycles. The molecule has 3 nitrogen and oxygen atoms in total. The topological polar surface area (TPSA) is 27.1 Å². The number of nitrogens with zero attached hydrogens (tertiary/aromatic N) is 2. The maximum atomic E-state index is 12.3. The molecule has 16 heavy (non-hydrogen) atoms. The van der Waals surface area contributed by atoms with Gasteiger partial charge in [-0.1, -0.05) is 15.9 Å². The number of alkyl halides is 2. The molecule has 0 aliphatic rings. The summed E-state index contributed by atoms with van der Waals surface area (Å²) in [5, 5.41) is 4.80. The van der Waals surface area contributed by atoms with E-state index in [1.165, 1.54) is 6.07 Å². The molecular weight excluding hydrogens is 397 g/mol. The maximum absolute atomic E-state index is 12.3. The van der Waals surface area contributed by atoms with Gasteiger partial charge in [0.05, 0.1) is 10.9 Å². The Morgan fingerprint density at radius 1 is 1.50 bits per heavy atom. The van der Waals surface area contributed by atoms with Crippen LogP contribution in [0.25, 0.3) is 10.9 Å². The predicted molar refractivity (Wildman–Crippen MR) is 67.8 cm³/mol. The van der Waals surface area contributed by atoms with Crippen LogP contribution in [0, 0.1) is 3.70 Å². The summed E-state index contributed by atoms with van der Waals surface area (Å²) in [7, 11) is 1.75. The summed E-state index contributed by atoms with van der Waals surface area (Å²) in [4.78, 5) is 0. The van der Waals surface area contributed by atoms with Crippen molar-refractivity contribution in [1.29, 1.82) is 0 Å². The molecular formula is C9H6BrF2IN2O. The molecule has 86 valence electrons. The third-order valence-electron chi connectivity index (χ3n) is 2.01. The van der Waals surface area contributed by atoms with Crippen LogP contribution in [0.4, 0.5) is 8.78 Å². The van der Waals surface area contributed by atoms with Crippen molar-refractivity contribution in [2.45, 2.75) is 6.61 Å². The zero-order chi connectivity index (χ0) is 11.9. The van der Waals surface area contributed by atoms with E-state index in [4.69, 9.17) is 0 Å². The third-order valence-corrected chi connectivity index (χ3v) is 3.71. The van der Waals surface area contributed by atoms with Crippen molar-refractivity contribution in [3.8, 4) is 5.75 Å². The standard InChI is InChI=1S/C9H6BrF2IN2O/c1-15-8(13)7-5(14-15)2-4(10)3-6(7)16-9(11)12/h2-3,9H,1H3. The van der Waals surface area contributed by atoms with E-state index in [1.807, 2.05) is 22.6 Å². The van der Waals surface area contributed by atoms with Crippen molar-refractivity contribution < 1.29 is 13.5 Å². The van der Waals surface area contributed by atoms with Crippen molar-refractivity contribution >= 4 is 49.4 Å². The van der Waals surface area contributed by atoms with Gasteiger partial charge in [-0.3, -0.25) is 4.68 Å². The second-order valence-electron chi connectivity index (χ2n) is 3.09. The molecule has 0 unspecified atom stereocenters. The van der Waals surface area contributed by atoms with Crippen molar-refractivity contribution in [3.05, 3.63) is 20.3 Å². The minimum atomic E-state index is -2.84. The van der Waals surface area contributed by atoms with Gasteiger partial charge in [0.15, 0.2) is 0 Å². The highest BCUT2D eigenvalue weighted by Gasteiger charge is 2.16. The van der Waals surface area contributed by atoms with Crippen LogP contribution in [0.3, 0.4) is 0 Å². The van der Waals surface area contributed by atoms with E-state index >= 15 is 0 Å². The number of hydrogen-bond acceptors (Lipinski definition) is 2. The minimum absolute atomic E-state index is 0.136. The lowest BCUT2D eigenvalue weighted by Crippen LogP contribution is -2.02. The molecule has 0 saturated heterocycles. The van der Waals surface area contributed by atoms with Crippen molar-refractivity contribution in [2.75, 3.05) is 0 Å². The van der Waals surface area contributed by atoms with Crippen molar-refractivity contribution in [2.24, 2.45) is 7.05 Å². The lowest BCUT2D eigenvalue weighted by Gasteiger charge is -2.06. The van der Waals surface area contributed by atoms with Crippen LogP contribution >= 0.6 is 38.5 Å². The van der Waals surface area contributed by atoms with Crippen molar-refractivity contribution in [3.63, 3.8) is 0 Å². The normalized spacial score (nSPS) is 11.4. The van der Waals surface area contributed by atoms with Gasteiger partial charge in [0.2, 0.25) is 0 Å². The van der Waals surface area contributed by atoms with E-state index in [0.29, 0.717) is 15.4 Å². The van der Waals surface area contributed by atoms with Crippen LogP contribution < -0.4 is 4.74 Å². The molecule has 2 rings (SSSR count). The van der Waals surface area contributed by atoms with E-state index < -0.39 is 6.61 Å². The summed E-state index contributed by atoms with van der Waals surface area (Å²) in [6.07, 6.45) is 0. The second-order valence-corrected chi connectivity index (χ2v) is 5.03. The fraction of sp³-hybridized carbons (Fsp3) is 0.222. The Bertz CT molecular complexity index is 544. The molecule has 1 aromatic heterocycles. The molecule has 0 bridgehead atoms. The molecule has 0 spiro atoms. The molecule has 0 N–H and O–H groups in total. The molecule has 1 aromatic carbocycles. The fourth-order valence-electron chi connectivity index (χ4n) is 1.41. The van der Waals surface area contributed by atoms with E-state index in [9.17, 15) is 8.78 Å². The van der Waals surface area contributed by atoms with Gasteiger partial charge < -0.3 is 4.74 Å². The molecule has 2 aromatic rings. The Balaban J connectivity index is 2.69. The Labute approximate surface area is 112 Å². The molecule has 0 atom stereocenters. The number of aryl methyl sites for hydroxylation is 1. The third kappa shape index (κ3) is 2.15. The van der Waals surface area contributed by atoms with Crippen molar-refractivity contribution in [1.82, 2.24) is 9.78 Å². The molecule has 0 amide bonds. The van der Waals surface area contributed by atoms with Gasteiger partial charge in [0.1, 0.15) is 9.45 Å². The number of fused-ring (bicyclic) bond motifs is 1. The number of hydrogen-bond donors (Lipinski definition) is 0. The van der Waals surface area contributed by atoms with Gasteiger partial charge in [0.25, 0.3) is 0 Å². The van der Waals surface area contributed by atoms with Gasteiger partial charge in [0, 0.05) is 11.5 Å². The number of rotatable bonds is 2. The van der Waals surface area contributed by atoms with Crippen LogP contribution in [0.1, 0.15) is 0 Å². The van der Waals surface area contributed by atoms with Gasteiger partial charge in [-0.2, -0.15) is 13.9 Å². The van der Waals surface area contributed by atoms with E-state index in [2.05, 4.69) is 25.8 Å². The average molecular weight is 403 g/mol. The number of halogens is 4. The van der Waals surface area contributed by atoms with Crippen LogP contribution in [-0.2, 0) is 7.05 Å². The SMILES string of the molecule is Cn1nc2cc(Br)cc(OC(F)F)c2c1I. The van der Waals surface area contributed by atoms with Crippen LogP contribution in [0.5, 0.6) is 5.75 Å². The predicted octanol–water partition coefficient (Wildman–Crippen LogP) is 3.54. The Kier molecular flexibility index (Phi) is 3.34. The first-order chi connectivity index (χ1) is 7.49. The fourth-order valence-corrected chi connectivity index (χ4v) is 2.49. The lowest BCUT2D eigenvalue weighted by atomic mass is 10.2. The summed E-state index contributed by atoms with van der Waals surface area (Å²) in [5.41, 5.74) is 0.622. The molecule has 0 fully saturated rings. The largest absolute Gasteiger partial charge is 0.434 e. The quantitative estimate of drug-likeness (QED) is 0.718. The minimum Gasteiger partial charge on any atom is -0.434 e. The Morgan fingerprint density at radius 3 is 2.81 bits per heavy atom. The zero-order valence-corrected chi connectivity index (χ0v) is 11.8. The summed E-state index contributed by atoms with van der Waals surface area (Å²) in [5.74, 6) is 0.136. The summed E-state index contributed by atoms with van der Waals surface area (Å²) < 4.78 is 32.0. The number of ether oxygens (including phenoxy) is 1. The lowest BCUT2D eigenvalue weighted by molar-refractivity contribution is -0.0488. The van der Waals surface area contributed by atoms with E-state index in [-0.39, 0.29) is 5.75 Å². The first-order valence-electron chi connectivity index (χ1n) is 4.25. The molecule has 0 saturated carbocycles. The van der Waals surface area contributed by atoms with E-state index in [0.717, 1.165) is 3.70 Å². The molecule has 0 aliphatic carbocycles. The summed E-state index contributed by atoms with van der Waals surface area (Å²) in [6.45, 7) is -2.84. The summed E-state index contributed by atoms with van der Waals surface area (Å²) >= 11 is 5.27. The smallest absolute Gasteiger partial charge is 0.387 e. The second kappa shape index (κ2) is 4.44. The van der Waals surface area contributed by atoms with Crippen LogP contribution in [0.2, 0.25) is 0 Å². The number of benzene rings is 1. The van der Waals surface area contributed by atoms with Crippen LogP contribution in [0.15, 0.2) is 16.6 Å². The highest BCUT2D eigenvalue weighted by Crippen LogP contribution is 2.33. The first kappa shape index (κ1) is 12.0. The zero-order valence-electron chi connectivity index (χ0n) is 8.05. The Hall–Kier alpha value is -0.440.